The Labute approximate surface area is 78.9 Å². The molecule has 62 valence electrons. The molecule has 0 fully saturated rings. The van der Waals surface area contributed by atoms with Crippen molar-refractivity contribution in [1.29, 1.82) is 0 Å². The van der Waals surface area contributed by atoms with Crippen LogP contribution in [0.5, 0.6) is 0 Å². The van der Waals surface area contributed by atoms with Gasteiger partial charge in [0.25, 0.3) is 0 Å². The fraction of sp³-hybridized carbons (Fsp3) is 0.143. The van der Waals surface area contributed by atoms with Gasteiger partial charge >= 0.3 is 0 Å². The summed E-state index contributed by atoms with van der Waals surface area (Å²) in [5.41, 5.74) is 1.52. The molecular formula is C7H5Cl2N3. The quantitative estimate of drug-likeness (QED) is 0.655. The first kappa shape index (κ1) is 7.83. The van der Waals surface area contributed by atoms with Gasteiger partial charge in [0.1, 0.15) is 11.0 Å². The van der Waals surface area contributed by atoms with Crippen molar-refractivity contribution < 1.29 is 0 Å². The molecule has 0 spiro atoms. The van der Waals surface area contributed by atoms with Crippen molar-refractivity contribution in [3.63, 3.8) is 0 Å². The van der Waals surface area contributed by atoms with E-state index in [4.69, 9.17) is 23.2 Å². The molecule has 2 rings (SSSR count). The standard InChI is InChI=1S/C7H5Cl2N3/c1-12-7-5(10-11-12)3-2-4(8)6(7)9/h2-3H,1H3. The van der Waals surface area contributed by atoms with Crippen LogP contribution in [-0.4, -0.2) is 15.0 Å². The first-order valence-corrected chi connectivity index (χ1v) is 4.09. The summed E-state index contributed by atoms with van der Waals surface area (Å²) in [6, 6.07) is 3.50. The number of fused-ring (bicyclic) bond motifs is 1. The number of aryl methyl sites for hydroxylation is 1. The number of hydrogen-bond donors (Lipinski definition) is 0. The highest BCUT2D eigenvalue weighted by molar-refractivity contribution is 6.44. The van der Waals surface area contributed by atoms with Gasteiger partial charge in [0.05, 0.1) is 10.0 Å². The lowest BCUT2D eigenvalue weighted by Gasteiger charge is -1.96. The van der Waals surface area contributed by atoms with E-state index in [1.54, 1.807) is 23.9 Å². The van der Waals surface area contributed by atoms with Crippen LogP contribution in [0.15, 0.2) is 12.1 Å². The minimum Gasteiger partial charge on any atom is -0.246 e. The molecule has 3 nitrogen and oxygen atoms in total. The number of hydrogen-bond acceptors (Lipinski definition) is 2. The SMILES string of the molecule is Cn1nnc2ccc(Cl)c(Cl)c21. The molecule has 0 unspecified atom stereocenters. The van der Waals surface area contributed by atoms with Gasteiger partial charge in [-0.25, -0.2) is 4.68 Å². The molecule has 0 atom stereocenters. The third kappa shape index (κ3) is 0.974. The van der Waals surface area contributed by atoms with Crippen LogP contribution >= 0.6 is 23.2 Å². The molecule has 0 amide bonds. The van der Waals surface area contributed by atoms with Crippen LogP contribution in [0.1, 0.15) is 0 Å². The number of aromatic nitrogens is 3. The molecule has 0 radical (unpaired) electrons. The van der Waals surface area contributed by atoms with Crippen LogP contribution in [-0.2, 0) is 7.05 Å². The van der Waals surface area contributed by atoms with Gasteiger partial charge in [-0.3, -0.25) is 0 Å². The monoisotopic (exact) mass is 201 g/mol. The van der Waals surface area contributed by atoms with Gasteiger partial charge < -0.3 is 0 Å². The molecule has 0 aliphatic rings. The predicted molar refractivity (Wildman–Crippen MR) is 48.5 cm³/mol. The van der Waals surface area contributed by atoms with E-state index < -0.39 is 0 Å². The zero-order valence-corrected chi connectivity index (χ0v) is 7.76. The first-order chi connectivity index (χ1) is 5.70. The minimum absolute atomic E-state index is 0.502. The maximum atomic E-state index is 5.94. The molecule has 5 heteroatoms. The van der Waals surface area contributed by atoms with E-state index in [-0.39, 0.29) is 0 Å². The van der Waals surface area contributed by atoms with Gasteiger partial charge in [0.15, 0.2) is 0 Å². The number of nitrogens with zero attached hydrogens (tertiary/aromatic N) is 3. The predicted octanol–water partition coefficient (Wildman–Crippen LogP) is 2.28. The maximum absolute atomic E-state index is 5.94. The topological polar surface area (TPSA) is 30.7 Å². The largest absolute Gasteiger partial charge is 0.246 e. The first-order valence-electron chi connectivity index (χ1n) is 3.33. The van der Waals surface area contributed by atoms with Crippen molar-refractivity contribution in [3.8, 4) is 0 Å². The summed E-state index contributed by atoms with van der Waals surface area (Å²) in [7, 11) is 1.78. The highest BCUT2D eigenvalue weighted by atomic mass is 35.5. The molecule has 1 heterocycles. The van der Waals surface area contributed by atoms with Crippen molar-refractivity contribution in [2.75, 3.05) is 0 Å². The molecular weight excluding hydrogens is 197 g/mol. The molecule has 12 heavy (non-hydrogen) atoms. The number of rotatable bonds is 0. The molecule has 0 aliphatic carbocycles. The van der Waals surface area contributed by atoms with Crippen molar-refractivity contribution in [3.05, 3.63) is 22.2 Å². The Balaban J connectivity index is 2.96. The van der Waals surface area contributed by atoms with E-state index in [1.165, 1.54) is 0 Å². The second-order valence-electron chi connectivity index (χ2n) is 2.44. The zero-order chi connectivity index (χ0) is 8.72. The van der Waals surface area contributed by atoms with Crippen LogP contribution in [0.4, 0.5) is 0 Å². The van der Waals surface area contributed by atoms with Crippen LogP contribution in [0, 0.1) is 0 Å². The van der Waals surface area contributed by atoms with Crippen LogP contribution < -0.4 is 0 Å². The summed E-state index contributed by atoms with van der Waals surface area (Å²) in [5, 5.41) is 8.74. The number of halogens is 2. The van der Waals surface area contributed by atoms with E-state index in [0.717, 1.165) is 11.0 Å². The highest BCUT2D eigenvalue weighted by Gasteiger charge is 2.08. The van der Waals surface area contributed by atoms with Crippen LogP contribution in [0.2, 0.25) is 10.0 Å². The second kappa shape index (κ2) is 2.61. The molecule has 1 aromatic heterocycles. The minimum atomic E-state index is 0.502. The van der Waals surface area contributed by atoms with Gasteiger partial charge in [0.2, 0.25) is 0 Å². The van der Waals surface area contributed by atoms with Gasteiger partial charge in [-0.15, -0.1) is 5.10 Å². The highest BCUT2D eigenvalue weighted by Crippen LogP contribution is 2.28. The lowest BCUT2D eigenvalue weighted by atomic mass is 10.3. The van der Waals surface area contributed by atoms with E-state index in [1.807, 2.05) is 0 Å². The molecule has 2 aromatic rings. The summed E-state index contributed by atoms with van der Waals surface area (Å²) >= 11 is 11.8. The Kier molecular flexibility index (Phi) is 1.70. The van der Waals surface area contributed by atoms with Crippen molar-refractivity contribution >= 4 is 34.2 Å². The fourth-order valence-corrected chi connectivity index (χ4v) is 1.51. The third-order valence-corrected chi connectivity index (χ3v) is 2.45. The molecule has 0 saturated carbocycles. The van der Waals surface area contributed by atoms with E-state index in [9.17, 15) is 0 Å². The van der Waals surface area contributed by atoms with E-state index >= 15 is 0 Å². The van der Waals surface area contributed by atoms with E-state index in [0.29, 0.717) is 10.0 Å². The Morgan fingerprint density at radius 1 is 1.33 bits per heavy atom. The average Bonchev–Trinajstić information content (AvgIpc) is 2.41. The van der Waals surface area contributed by atoms with E-state index in [2.05, 4.69) is 10.3 Å². The summed E-state index contributed by atoms with van der Waals surface area (Å²) in [6.45, 7) is 0. The summed E-state index contributed by atoms with van der Waals surface area (Å²) < 4.78 is 1.60. The normalized spacial score (nSPS) is 10.9. The molecule has 1 aromatic carbocycles. The van der Waals surface area contributed by atoms with Gasteiger partial charge in [-0.2, -0.15) is 0 Å². The average molecular weight is 202 g/mol. The number of benzene rings is 1. The molecule has 0 saturated heterocycles. The summed E-state index contributed by atoms with van der Waals surface area (Å²) in [6.07, 6.45) is 0. The maximum Gasteiger partial charge on any atom is 0.114 e. The van der Waals surface area contributed by atoms with Gasteiger partial charge in [-0.1, -0.05) is 28.4 Å². The van der Waals surface area contributed by atoms with Crippen LogP contribution in [0.3, 0.4) is 0 Å². The zero-order valence-electron chi connectivity index (χ0n) is 6.25. The van der Waals surface area contributed by atoms with Gasteiger partial charge in [-0.05, 0) is 12.1 Å². The summed E-state index contributed by atoms with van der Waals surface area (Å²) in [5.74, 6) is 0. The molecule has 0 N–H and O–H groups in total. The second-order valence-corrected chi connectivity index (χ2v) is 3.23. The molecule has 0 aliphatic heterocycles. The Hall–Kier alpha value is -0.800. The molecule has 0 bridgehead atoms. The van der Waals surface area contributed by atoms with Crippen molar-refractivity contribution in [2.24, 2.45) is 7.05 Å². The smallest absolute Gasteiger partial charge is 0.114 e. The Morgan fingerprint density at radius 3 is 2.83 bits per heavy atom. The lowest BCUT2D eigenvalue weighted by molar-refractivity contribution is 0.736. The van der Waals surface area contributed by atoms with Crippen molar-refractivity contribution in [2.45, 2.75) is 0 Å². The van der Waals surface area contributed by atoms with Crippen molar-refractivity contribution in [1.82, 2.24) is 15.0 Å². The third-order valence-electron chi connectivity index (χ3n) is 1.66. The lowest BCUT2D eigenvalue weighted by Crippen LogP contribution is -1.90. The van der Waals surface area contributed by atoms with Crippen LogP contribution in [0.25, 0.3) is 11.0 Å². The van der Waals surface area contributed by atoms with Gasteiger partial charge in [0, 0.05) is 7.05 Å². The Bertz CT molecular complexity index is 435. The Morgan fingerprint density at radius 2 is 2.08 bits per heavy atom. The fourth-order valence-electron chi connectivity index (χ4n) is 1.08. The summed E-state index contributed by atoms with van der Waals surface area (Å²) in [4.78, 5) is 0.